The largest absolute Gasteiger partial charge is 0.475 e. The number of nitrogen functional groups attached to an aromatic ring is 1. The summed E-state index contributed by atoms with van der Waals surface area (Å²) in [6, 6.07) is 1.79. The van der Waals surface area contributed by atoms with Crippen LogP contribution in [0.4, 0.5) is 11.8 Å². The van der Waals surface area contributed by atoms with Crippen molar-refractivity contribution in [2.75, 3.05) is 30.8 Å². The van der Waals surface area contributed by atoms with Crippen molar-refractivity contribution in [1.29, 1.82) is 0 Å². The Bertz CT molecular complexity index is 597. The smallest absolute Gasteiger partial charge is 0.225 e. The Kier molecular flexibility index (Phi) is 5.20. The molecule has 1 amide bonds. The molecule has 1 atom stereocenters. The van der Waals surface area contributed by atoms with E-state index >= 15 is 0 Å². The molecule has 7 heteroatoms. The zero-order chi connectivity index (χ0) is 18.1. The van der Waals surface area contributed by atoms with E-state index in [0.29, 0.717) is 18.1 Å². The first kappa shape index (κ1) is 18.3. The maximum atomic E-state index is 12.2. The summed E-state index contributed by atoms with van der Waals surface area (Å²) in [6.07, 6.45) is 0.586. The highest BCUT2D eigenvalue weighted by molar-refractivity contribution is 5.79. The van der Waals surface area contributed by atoms with Crippen LogP contribution < -0.4 is 15.4 Å². The van der Waals surface area contributed by atoms with Crippen LogP contribution in [0.15, 0.2) is 6.07 Å². The van der Waals surface area contributed by atoms with Gasteiger partial charge in [0.2, 0.25) is 17.7 Å². The number of hydrogen-bond acceptors (Lipinski definition) is 6. The quantitative estimate of drug-likeness (QED) is 0.885. The van der Waals surface area contributed by atoms with E-state index in [2.05, 4.69) is 30.7 Å². The summed E-state index contributed by atoms with van der Waals surface area (Å²) in [5.41, 5.74) is 5.65. The monoisotopic (exact) mass is 335 g/mol. The topological polar surface area (TPSA) is 84.6 Å². The lowest BCUT2D eigenvalue weighted by Crippen LogP contribution is -2.42. The third-order valence-corrected chi connectivity index (χ3v) is 4.00. The molecule has 0 saturated carbocycles. The van der Waals surface area contributed by atoms with Gasteiger partial charge in [-0.25, -0.2) is 0 Å². The number of aromatic nitrogens is 2. The molecule has 1 aliphatic heterocycles. The van der Waals surface area contributed by atoms with Gasteiger partial charge in [-0.2, -0.15) is 9.97 Å². The molecule has 0 aliphatic carbocycles. The van der Waals surface area contributed by atoms with Crippen molar-refractivity contribution in [2.45, 2.75) is 52.7 Å². The van der Waals surface area contributed by atoms with E-state index in [1.54, 1.807) is 6.07 Å². The second-order valence-electron chi connectivity index (χ2n) is 7.72. The Morgan fingerprint density at radius 1 is 1.42 bits per heavy atom. The molecular weight excluding hydrogens is 306 g/mol. The Labute approximate surface area is 144 Å². The molecule has 0 bridgehead atoms. The average molecular weight is 335 g/mol. The molecule has 0 unspecified atom stereocenters. The number of carbonyl (C=O) groups is 1. The zero-order valence-electron chi connectivity index (χ0n) is 15.5. The Hall–Kier alpha value is -2.05. The number of anilines is 2. The van der Waals surface area contributed by atoms with E-state index in [9.17, 15) is 4.79 Å². The van der Waals surface area contributed by atoms with Crippen LogP contribution in [0.5, 0.6) is 5.88 Å². The van der Waals surface area contributed by atoms with E-state index in [-0.39, 0.29) is 29.4 Å². The van der Waals surface area contributed by atoms with Gasteiger partial charge in [-0.1, -0.05) is 0 Å². The minimum Gasteiger partial charge on any atom is -0.475 e. The Balaban J connectivity index is 2.06. The average Bonchev–Trinajstić information content (AvgIpc) is 2.78. The number of rotatable bonds is 5. The standard InChI is InChI=1S/C17H29N5O2/c1-11(2)24-14-8-13(19-16(18)20-14)21(6)9-12-7-15(23)22(10-12)17(3,4)5/h8,11-12H,7,9-10H2,1-6H3,(H2,18,19,20)/t12-/m1/s1. The number of nitrogens with two attached hydrogens (primary N) is 1. The summed E-state index contributed by atoms with van der Waals surface area (Å²) in [7, 11) is 1.95. The molecule has 0 spiro atoms. The van der Waals surface area contributed by atoms with Crippen molar-refractivity contribution >= 4 is 17.7 Å². The van der Waals surface area contributed by atoms with Crippen molar-refractivity contribution in [1.82, 2.24) is 14.9 Å². The molecule has 24 heavy (non-hydrogen) atoms. The molecule has 7 nitrogen and oxygen atoms in total. The van der Waals surface area contributed by atoms with Gasteiger partial charge in [-0.15, -0.1) is 0 Å². The summed E-state index contributed by atoms with van der Waals surface area (Å²) in [5, 5.41) is 0. The lowest BCUT2D eigenvalue weighted by molar-refractivity contribution is -0.131. The number of likely N-dealkylation sites (tertiary alicyclic amines) is 1. The number of carbonyl (C=O) groups excluding carboxylic acids is 1. The molecule has 2 N–H and O–H groups in total. The van der Waals surface area contributed by atoms with Crippen LogP contribution in [0.3, 0.4) is 0 Å². The summed E-state index contributed by atoms with van der Waals surface area (Å²) in [5.74, 6) is 1.85. The van der Waals surface area contributed by atoms with E-state index < -0.39 is 0 Å². The summed E-state index contributed by atoms with van der Waals surface area (Å²) >= 11 is 0. The maximum absolute atomic E-state index is 12.2. The molecule has 1 aromatic rings. The van der Waals surface area contributed by atoms with Crippen LogP contribution in [0.2, 0.25) is 0 Å². The fourth-order valence-electron chi connectivity index (χ4n) is 2.96. The van der Waals surface area contributed by atoms with Gasteiger partial charge in [0, 0.05) is 44.1 Å². The molecule has 1 saturated heterocycles. The van der Waals surface area contributed by atoms with Crippen molar-refractivity contribution in [3.05, 3.63) is 6.07 Å². The molecule has 1 aliphatic rings. The van der Waals surface area contributed by atoms with Crippen molar-refractivity contribution < 1.29 is 9.53 Å². The maximum Gasteiger partial charge on any atom is 0.225 e. The van der Waals surface area contributed by atoms with Crippen molar-refractivity contribution in [3.8, 4) is 5.88 Å². The van der Waals surface area contributed by atoms with Crippen LogP contribution in [-0.4, -0.2) is 52.6 Å². The predicted molar refractivity (Wildman–Crippen MR) is 95.1 cm³/mol. The highest BCUT2D eigenvalue weighted by atomic mass is 16.5. The second kappa shape index (κ2) is 6.83. The van der Waals surface area contributed by atoms with Crippen LogP contribution in [-0.2, 0) is 4.79 Å². The van der Waals surface area contributed by atoms with E-state index in [4.69, 9.17) is 10.5 Å². The minimum absolute atomic E-state index is 0.0188. The van der Waals surface area contributed by atoms with Crippen LogP contribution >= 0.6 is 0 Å². The lowest BCUT2D eigenvalue weighted by Gasteiger charge is -2.32. The van der Waals surface area contributed by atoms with Gasteiger partial charge < -0.3 is 20.3 Å². The predicted octanol–water partition coefficient (Wildman–Crippen LogP) is 1.93. The first-order chi connectivity index (χ1) is 11.1. The Morgan fingerprint density at radius 2 is 2.08 bits per heavy atom. The van der Waals surface area contributed by atoms with Gasteiger partial charge in [0.25, 0.3) is 0 Å². The Morgan fingerprint density at radius 3 is 2.62 bits per heavy atom. The molecule has 1 fully saturated rings. The van der Waals surface area contributed by atoms with E-state index in [0.717, 1.165) is 13.1 Å². The van der Waals surface area contributed by atoms with Gasteiger partial charge in [0.15, 0.2) is 0 Å². The lowest BCUT2D eigenvalue weighted by atomic mass is 10.1. The summed E-state index contributed by atoms with van der Waals surface area (Å²) in [4.78, 5) is 24.6. The second-order valence-corrected chi connectivity index (χ2v) is 7.72. The molecule has 2 rings (SSSR count). The molecular formula is C17H29N5O2. The summed E-state index contributed by atoms with van der Waals surface area (Å²) in [6.45, 7) is 11.6. The highest BCUT2D eigenvalue weighted by Crippen LogP contribution is 2.27. The van der Waals surface area contributed by atoms with Gasteiger partial charge in [-0.3, -0.25) is 4.79 Å². The van der Waals surface area contributed by atoms with Crippen LogP contribution in [0.1, 0.15) is 41.0 Å². The fourth-order valence-corrected chi connectivity index (χ4v) is 2.96. The molecule has 2 heterocycles. The molecule has 1 aromatic heterocycles. The first-order valence-electron chi connectivity index (χ1n) is 8.39. The number of ether oxygens (including phenoxy) is 1. The molecule has 134 valence electrons. The van der Waals surface area contributed by atoms with Gasteiger partial charge in [0.1, 0.15) is 5.82 Å². The van der Waals surface area contributed by atoms with Crippen molar-refractivity contribution in [2.24, 2.45) is 5.92 Å². The molecule has 0 radical (unpaired) electrons. The SMILES string of the molecule is CC(C)Oc1cc(N(C)C[C@H]2CC(=O)N(C(C)(C)C)C2)nc(N)n1. The summed E-state index contributed by atoms with van der Waals surface area (Å²) < 4.78 is 5.61. The number of nitrogens with zero attached hydrogens (tertiary/aromatic N) is 4. The first-order valence-corrected chi connectivity index (χ1v) is 8.39. The third-order valence-electron chi connectivity index (χ3n) is 4.00. The fraction of sp³-hybridized carbons (Fsp3) is 0.706. The van der Waals surface area contributed by atoms with E-state index in [1.807, 2.05) is 30.7 Å². The van der Waals surface area contributed by atoms with Gasteiger partial charge >= 0.3 is 0 Å². The van der Waals surface area contributed by atoms with Crippen LogP contribution in [0, 0.1) is 5.92 Å². The van der Waals surface area contributed by atoms with Crippen molar-refractivity contribution in [3.63, 3.8) is 0 Å². The van der Waals surface area contributed by atoms with Gasteiger partial charge in [0.05, 0.1) is 6.10 Å². The van der Waals surface area contributed by atoms with Crippen LogP contribution in [0.25, 0.3) is 0 Å². The minimum atomic E-state index is -0.137. The zero-order valence-corrected chi connectivity index (χ0v) is 15.5. The third kappa shape index (κ3) is 4.49. The number of amides is 1. The van der Waals surface area contributed by atoms with E-state index in [1.165, 1.54) is 0 Å². The number of hydrogen-bond donors (Lipinski definition) is 1. The van der Waals surface area contributed by atoms with Gasteiger partial charge in [-0.05, 0) is 34.6 Å². The molecule has 0 aromatic carbocycles. The highest BCUT2D eigenvalue weighted by Gasteiger charge is 2.36. The normalized spacial score (nSPS) is 18.4.